The molecule has 0 amide bonds. The molecule has 1 aliphatic carbocycles. The Hall–Kier alpha value is -0.0800. The topological polar surface area (TPSA) is 29.3 Å². The molecule has 2 N–H and O–H groups in total. The SMILES string of the molecule is NC[C@H]1CCCN(C2CCC2)C1. The smallest absolute Gasteiger partial charge is 0.00954 e. The molecule has 0 aromatic heterocycles. The number of likely N-dealkylation sites (tertiary alicyclic amines) is 1. The highest BCUT2D eigenvalue weighted by molar-refractivity contribution is 4.84. The highest BCUT2D eigenvalue weighted by Gasteiger charge is 2.28. The molecule has 2 rings (SSSR count). The summed E-state index contributed by atoms with van der Waals surface area (Å²) < 4.78 is 0. The highest BCUT2D eigenvalue weighted by Crippen LogP contribution is 2.28. The number of hydrogen-bond acceptors (Lipinski definition) is 2. The molecule has 1 heterocycles. The van der Waals surface area contributed by atoms with Gasteiger partial charge < -0.3 is 10.6 Å². The maximum Gasteiger partial charge on any atom is 0.00954 e. The second-order valence-corrected chi connectivity index (χ2v) is 4.32. The van der Waals surface area contributed by atoms with Crippen molar-refractivity contribution in [2.24, 2.45) is 11.7 Å². The Balaban J connectivity index is 1.81. The molecule has 70 valence electrons. The molecule has 2 heteroatoms. The standard InChI is InChI=1S/C10H20N2/c11-7-9-3-2-6-12(8-9)10-4-1-5-10/h9-10H,1-8,11H2/t9-/m1/s1. The lowest BCUT2D eigenvalue weighted by molar-refractivity contribution is 0.0791. The monoisotopic (exact) mass is 168 g/mol. The van der Waals surface area contributed by atoms with Gasteiger partial charge >= 0.3 is 0 Å². The van der Waals surface area contributed by atoms with Crippen molar-refractivity contribution in [2.75, 3.05) is 19.6 Å². The second kappa shape index (κ2) is 3.75. The largest absolute Gasteiger partial charge is 0.330 e. The number of nitrogens with two attached hydrogens (primary N) is 1. The van der Waals surface area contributed by atoms with Crippen molar-refractivity contribution in [3.8, 4) is 0 Å². The first kappa shape index (κ1) is 8.52. The molecule has 2 aliphatic rings. The predicted octanol–water partition coefficient (Wildman–Crippen LogP) is 1.21. The van der Waals surface area contributed by atoms with E-state index in [0.29, 0.717) is 0 Å². The van der Waals surface area contributed by atoms with E-state index in [1.807, 2.05) is 0 Å². The normalized spacial score (nSPS) is 33.2. The lowest BCUT2D eigenvalue weighted by Gasteiger charge is -2.42. The van der Waals surface area contributed by atoms with E-state index < -0.39 is 0 Å². The van der Waals surface area contributed by atoms with Gasteiger partial charge in [-0.05, 0) is 44.7 Å². The van der Waals surface area contributed by atoms with Crippen molar-refractivity contribution in [3.05, 3.63) is 0 Å². The van der Waals surface area contributed by atoms with Gasteiger partial charge in [0.1, 0.15) is 0 Å². The summed E-state index contributed by atoms with van der Waals surface area (Å²) in [5.74, 6) is 0.791. The van der Waals surface area contributed by atoms with Crippen LogP contribution in [0.4, 0.5) is 0 Å². The molecule has 1 aliphatic heterocycles. The van der Waals surface area contributed by atoms with Gasteiger partial charge in [0.15, 0.2) is 0 Å². The van der Waals surface area contributed by atoms with Crippen molar-refractivity contribution in [3.63, 3.8) is 0 Å². The molecule has 1 saturated carbocycles. The van der Waals surface area contributed by atoms with E-state index in [-0.39, 0.29) is 0 Å². The fourth-order valence-corrected chi connectivity index (χ4v) is 2.37. The summed E-state index contributed by atoms with van der Waals surface area (Å²) in [6, 6.07) is 0.930. The van der Waals surface area contributed by atoms with Crippen LogP contribution in [0.2, 0.25) is 0 Å². The maximum absolute atomic E-state index is 5.70. The maximum atomic E-state index is 5.70. The van der Waals surface area contributed by atoms with Gasteiger partial charge in [0.25, 0.3) is 0 Å². The number of nitrogens with zero attached hydrogens (tertiary/aromatic N) is 1. The summed E-state index contributed by atoms with van der Waals surface area (Å²) in [5, 5.41) is 0. The van der Waals surface area contributed by atoms with Gasteiger partial charge in [0.2, 0.25) is 0 Å². The van der Waals surface area contributed by atoms with E-state index >= 15 is 0 Å². The van der Waals surface area contributed by atoms with Crippen molar-refractivity contribution in [1.29, 1.82) is 0 Å². The Kier molecular flexibility index (Phi) is 2.66. The number of piperidine rings is 1. The van der Waals surface area contributed by atoms with Crippen LogP contribution in [0.25, 0.3) is 0 Å². The zero-order valence-corrected chi connectivity index (χ0v) is 7.84. The van der Waals surface area contributed by atoms with Crippen LogP contribution in [0.1, 0.15) is 32.1 Å². The third kappa shape index (κ3) is 1.64. The van der Waals surface area contributed by atoms with E-state index in [1.54, 1.807) is 0 Å². The van der Waals surface area contributed by atoms with Crippen LogP contribution in [-0.4, -0.2) is 30.6 Å². The first-order valence-electron chi connectivity index (χ1n) is 5.34. The lowest BCUT2D eigenvalue weighted by Crippen LogP contribution is -2.47. The second-order valence-electron chi connectivity index (χ2n) is 4.32. The van der Waals surface area contributed by atoms with Crippen LogP contribution < -0.4 is 5.73 Å². The Morgan fingerprint density at radius 1 is 1.17 bits per heavy atom. The van der Waals surface area contributed by atoms with E-state index in [1.165, 1.54) is 45.2 Å². The van der Waals surface area contributed by atoms with Gasteiger partial charge in [0.05, 0.1) is 0 Å². The van der Waals surface area contributed by atoms with Crippen molar-refractivity contribution >= 4 is 0 Å². The molecule has 1 saturated heterocycles. The zero-order valence-electron chi connectivity index (χ0n) is 7.84. The van der Waals surface area contributed by atoms with Gasteiger partial charge in [-0.25, -0.2) is 0 Å². The lowest BCUT2D eigenvalue weighted by atomic mass is 9.88. The first-order valence-corrected chi connectivity index (χ1v) is 5.34. The van der Waals surface area contributed by atoms with Gasteiger partial charge in [-0.1, -0.05) is 6.42 Å². The van der Waals surface area contributed by atoms with Crippen molar-refractivity contribution in [2.45, 2.75) is 38.1 Å². The van der Waals surface area contributed by atoms with Gasteiger partial charge in [0, 0.05) is 12.6 Å². The molecule has 12 heavy (non-hydrogen) atoms. The van der Waals surface area contributed by atoms with E-state index in [4.69, 9.17) is 5.73 Å². The molecule has 0 unspecified atom stereocenters. The average Bonchev–Trinajstić information content (AvgIpc) is 2.02. The minimum Gasteiger partial charge on any atom is -0.330 e. The summed E-state index contributed by atoms with van der Waals surface area (Å²) in [5.41, 5.74) is 5.70. The Bertz CT molecular complexity index is 143. The highest BCUT2D eigenvalue weighted by atomic mass is 15.2. The molecule has 0 radical (unpaired) electrons. The predicted molar refractivity (Wildman–Crippen MR) is 51.0 cm³/mol. The minimum atomic E-state index is 0.791. The summed E-state index contributed by atoms with van der Waals surface area (Å²) in [6.07, 6.45) is 7.07. The van der Waals surface area contributed by atoms with E-state index in [0.717, 1.165) is 18.5 Å². The molecule has 0 spiro atoms. The van der Waals surface area contributed by atoms with Crippen LogP contribution in [0.5, 0.6) is 0 Å². The third-order valence-corrected chi connectivity index (χ3v) is 3.47. The van der Waals surface area contributed by atoms with Crippen LogP contribution in [0.15, 0.2) is 0 Å². The Morgan fingerprint density at radius 2 is 2.00 bits per heavy atom. The quantitative estimate of drug-likeness (QED) is 0.671. The molecule has 2 nitrogen and oxygen atoms in total. The molecule has 0 bridgehead atoms. The van der Waals surface area contributed by atoms with Crippen molar-refractivity contribution < 1.29 is 0 Å². The fraction of sp³-hybridized carbons (Fsp3) is 1.00. The van der Waals surface area contributed by atoms with E-state index in [2.05, 4.69) is 4.90 Å². The minimum absolute atomic E-state index is 0.791. The van der Waals surface area contributed by atoms with Gasteiger partial charge in [-0.2, -0.15) is 0 Å². The summed E-state index contributed by atoms with van der Waals surface area (Å²) >= 11 is 0. The van der Waals surface area contributed by atoms with Gasteiger partial charge in [-0.3, -0.25) is 0 Å². The summed E-state index contributed by atoms with van der Waals surface area (Å²) in [6.45, 7) is 3.51. The van der Waals surface area contributed by atoms with Crippen LogP contribution in [0, 0.1) is 5.92 Å². The number of rotatable bonds is 2. The van der Waals surface area contributed by atoms with Crippen molar-refractivity contribution in [1.82, 2.24) is 4.90 Å². The summed E-state index contributed by atoms with van der Waals surface area (Å²) in [7, 11) is 0. The van der Waals surface area contributed by atoms with Crippen LogP contribution >= 0.6 is 0 Å². The molecular weight excluding hydrogens is 148 g/mol. The Morgan fingerprint density at radius 3 is 2.58 bits per heavy atom. The van der Waals surface area contributed by atoms with Crippen LogP contribution in [-0.2, 0) is 0 Å². The van der Waals surface area contributed by atoms with Crippen LogP contribution in [0.3, 0.4) is 0 Å². The van der Waals surface area contributed by atoms with Gasteiger partial charge in [-0.15, -0.1) is 0 Å². The molecule has 0 aromatic carbocycles. The average molecular weight is 168 g/mol. The summed E-state index contributed by atoms with van der Waals surface area (Å²) in [4.78, 5) is 2.67. The number of hydrogen-bond donors (Lipinski definition) is 1. The van der Waals surface area contributed by atoms with E-state index in [9.17, 15) is 0 Å². The molecule has 0 aromatic rings. The molecular formula is C10H20N2. The fourth-order valence-electron chi connectivity index (χ4n) is 2.37. The third-order valence-electron chi connectivity index (χ3n) is 3.47. The Labute approximate surface area is 75.1 Å². The first-order chi connectivity index (χ1) is 5.90. The zero-order chi connectivity index (χ0) is 8.39. The molecule has 1 atom stereocenters. The molecule has 2 fully saturated rings.